The van der Waals surface area contributed by atoms with Gasteiger partial charge in [0.25, 0.3) is 0 Å². The Kier molecular flexibility index (Phi) is 6.02. The van der Waals surface area contributed by atoms with Crippen LogP contribution >= 0.6 is 11.8 Å². The van der Waals surface area contributed by atoms with Crippen LogP contribution < -0.4 is 5.32 Å². The van der Waals surface area contributed by atoms with Gasteiger partial charge in [0.2, 0.25) is 0 Å². The zero-order valence-corrected chi connectivity index (χ0v) is 11.3. The lowest BCUT2D eigenvalue weighted by Crippen LogP contribution is -2.37. The van der Waals surface area contributed by atoms with E-state index < -0.39 is 0 Å². The number of hydrogen-bond acceptors (Lipinski definition) is 3. The molecule has 1 aliphatic heterocycles. The summed E-state index contributed by atoms with van der Waals surface area (Å²) >= 11 is 2.10. The Hall–Kier alpha value is 0.270. The van der Waals surface area contributed by atoms with Crippen LogP contribution in [-0.2, 0) is 4.74 Å². The molecule has 1 N–H and O–H groups in total. The molecular formula is C12H25NOS. The van der Waals surface area contributed by atoms with Crippen LogP contribution in [0.4, 0.5) is 0 Å². The third-order valence-corrected chi connectivity index (χ3v) is 4.90. The lowest BCUT2D eigenvalue weighted by molar-refractivity contribution is 0.127. The molecule has 0 radical (unpaired) electrons. The van der Waals surface area contributed by atoms with Crippen LogP contribution in [0.5, 0.6) is 0 Å². The van der Waals surface area contributed by atoms with Gasteiger partial charge in [-0.3, -0.25) is 0 Å². The minimum Gasteiger partial charge on any atom is -0.377 e. The van der Waals surface area contributed by atoms with Crippen LogP contribution in [0.2, 0.25) is 0 Å². The molecule has 15 heavy (non-hydrogen) atoms. The van der Waals surface area contributed by atoms with Crippen molar-refractivity contribution in [1.29, 1.82) is 0 Å². The first-order chi connectivity index (χ1) is 7.19. The molecule has 1 fully saturated rings. The molecule has 0 aromatic carbocycles. The molecule has 1 heterocycles. The lowest BCUT2D eigenvalue weighted by atomic mass is 10.1. The Bertz CT molecular complexity index is 177. The van der Waals surface area contributed by atoms with Crippen molar-refractivity contribution < 1.29 is 4.74 Å². The predicted molar refractivity (Wildman–Crippen MR) is 68.6 cm³/mol. The van der Waals surface area contributed by atoms with E-state index in [4.69, 9.17) is 4.74 Å². The molecule has 4 atom stereocenters. The summed E-state index contributed by atoms with van der Waals surface area (Å²) in [4.78, 5) is 0. The van der Waals surface area contributed by atoms with Crippen molar-refractivity contribution >= 4 is 11.8 Å². The second-order valence-electron chi connectivity index (χ2n) is 4.32. The molecule has 3 heteroatoms. The second kappa shape index (κ2) is 6.77. The topological polar surface area (TPSA) is 21.3 Å². The van der Waals surface area contributed by atoms with E-state index in [1.54, 1.807) is 0 Å². The fourth-order valence-electron chi connectivity index (χ4n) is 2.17. The monoisotopic (exact) mass is 231 g/mol. The van der Waals surface area contributed by atoms with Gasteiger partial charge in [-0.1, -0.05) is 20.8 Å². The molecule has 2 nitrogen and oxygen atoms in total. The highest BCUT2D eigenvalue weighted by Gasteiger charge is 2.28. The summed E-state index contributed by atoms with van der Waals surface area (Å²) in [5, 5.41) is 4.95. The molecule has 1 saturated heterocycles. The van der Waals surface area contributed by atoms with Gasteiger partial charge in [-0.05, 0) is 26.3 Å². The molecule has 0 aromatic heterocycles. The maximum Gasteiger partial charge on any atom is 0.0666 e. The molecule has 0 saturated carbocycles. The number of nitrogens with one attached hydrogen (secondary N) is 1. The van der Waals surface area contributed by atoms with E-state index in [-0.39, 0.29) is 0 Å². The van der Waals surface area contributed by atoms with Gasteiger partial charge in [-0.2, -0.15) is 11.8 Å². The largest absolute Gasteiger partial charge is 0.377 e. The number of rotatable bonds is 6. The summed E-state index contributed by atoms with van der Waals surface area (Å²) in [6.45, 7) is 11.0. The van der Waals surface area contributed by atoms with Crippen molar-refractivity contribution in [3.63, 3.8) is 0 Å². The first kappa shape index (κ1) is 13.3. The Balaban J connectivity index is 2.35. The first-order valence-corrected chi connectivity index (χ1v) is 7.13. The van der Waals surface area contributed by atoms with Gasteiger partial charge >= 0.3 is 0 Å². The van der Waals surface area contributed by atoms with Crippen molar-refractivity contribution in [3.05, 3.63) is 0 Å². The van der Waals surface area contributed by atoms with Gasteiger partial charge in [0.1, 0.15) is 0 Å². The summed E-state index contributed by atoms with van der Waals surface area (Å²) in [5.74, 6) is 0. The highest BCUT2D eigenvalue weighted by molar-refractivity contribution is 8.00. The van der Waals surface area contributed by atoms with Crippen molar-refractivity contribution in [2.45, 2.75) is 63.2 Å². The van der Waals surface area contributed by atoms with Crippen LogP contribution in [0.1, 0.15) is 40.5 Å². The SMILES string of the molecule is CCNC(CC)C(C)SC1CCOC1C. The van der Waals surface area contributed by atoms with E-state index in [9.17, 15) is 0 Å². The number of ether oxygens (including phenoxy) is 1. The standard InChI is InChI=1S/C12H25NOS/c1-5-11(13-6-2)10(4)15-12-7-8-14-9(12)3/h9-13H,5-8H2,1-4H3. The van der Waals surface area contributed by atoms with E-state index in [1.165, 1.54) is 12.8 Å². The van der Waals surface area contributed by atoms with Gasteiger partial charge in [-0.15, -0.1) is 0 Å². The van der Waals surface area contributed by atoms with E-state index in [0.717, 1.165) is 13.2 Å². The molecule has 1 aliphatic rings. The summed E-state index contributed by atoms with van der Waals surface area (Å²) < 4.78 is 5.60. The Morgan fingerprint density at radius 2 is 2.20 bits per heavy atom. The zero-order valence-electron chi connectivity index (χ0n) is 10.5. The van der Waals surface area contributed by atoms with E-state index in [0.29, 0.717) is 22.6 Å². The van der Waals surface area contributed by atoms with Crippen molar-refractivity contribution in [1.82, 2.24) is 5.32 Å². The molecule has 0 aromatic rings. The highest BCUT2D eigenvalue weighted by Crippen LogP contribution is 2.31. The molecule has 0 amide bonds. The predicted octanol–water partition coefficient (Wildman–Crippen LogP) is 2.67. The zero-order chi connectivity index (χ0) is 11.3. The molecule has 90 valence electrons. The Morgan fingerprint density at radius 3 is 2.67 bits per heavy atom. The Labute approximate surface area is 98.5 Å². The van der Waals surface area contributed by atoms with Gasteiger partial charge in [-0.25, -0.2) is 0 Å². The van der Waals surface area contributed by atoms with Gasteiger partial charge in [0.05, 0.1) is 6.10 Å². The fraction of sp³-hybridized carbons (Fsp3) is 1.00. The van der Waals surface area contributed by atoms with Crippen LogP contribution in [0.25, 0.3) is 0 Å². The molecule has 1 rings (SSSR count). The number of thioether (sulfide) groups is 1. The third-order valence-electron chi connectivity index (χ3n) is 3.17. The van der Waals surface area contributed by atoms with Crippen molar-refractivity contribution in [2.24, 2.45) is 0 Å². The smallest absolute Gasteiger partial charge is 0.0666 e. The molecule has 0 bridgehead atoms. The van der Waals surface area contributed by atoms with Gasteiger partial charge < -0.3 is 10.1 Å². The maximum atomic E-state index is 5.60. The summed E-state index contributed by atoms with van der Waals surface area (Å²) in [6.07, 6.45) is 2.87. The van der Waals surface area contributed by atoms with Crippen LogP contribution in [0.15, 0.2) is 0 Å². The molecule has 0 aliphatic carbocycles. The minimum atomic E-state index is 0.441. The van der Waals surface area contributed by atoms with Gasteiger partial charge in [0, 0.05) is 23.1 Å². The van der Waals surface area contributed by atoms with Crippen LogP contribution in [0.3, 0.4) is 0 Å². The lowest BCUT2D eigenvalue weighted by Gasteiger charge is -2.26. The maximum absolute atomic E-state index is 5.60. The molecule has 0 spiro atoms. The normalized spacial score (nSPS) is 30.4. The molecular weight excluding hydrogens is 206 g/mol. The molecule has 4 unspecified atom stereocenters. The second-order valence-corrected chi connectivity index (χ2v) is 5.94. The summed E-state index contributed by atoms with van der Waals surface area (Å²) in [7, 11) is 0. The van der Waals surface area contributed by atoms with E-state index in [2.05, 4.69) is 44.8 Å². The minimum absolute atomic E-state index is 0.441. The average Bonchev–Trinajstić information content (AvgIpc) is 2.60. The van der Waals surface area contributed by atoms with Crippen LogP contribution in [0, 0.1) is 0 Å². The average molecular weight is 231 g/mol. The fourth-order valence-corrected chi connectivity index (χ4v) is 3.73. The quantitative estimate of drug-likeness (QED) is 0.759. The number of hydrogen-bond donors (Lipinski definition) is 1. The third kappa shape index (κ3) is 3.97. The highest BCUT2D eigenvalue weighted by atomic mass is 32.2. The van der Waals surface area contributed by atoms with Crippen molar-refractivity contribution in [2.75, 3.05) is 13.2 Å². The van der Waals surface area contributed by atoms with Crippen molar-refractivity contribution in [3.8, 4) is 0 Å². The summed E-state index contributed by atoms with van der Waals surface area (Å²) in [5.41, 5.74) is 0. The first-order valence-electron chi connectivity index (χ1n) is 6.19. The van der Waals surface area contributed by atoms with Crippen LogP contribution in [-0.4, -0.2) is 35.8 Å². The summed E-state index contributed by atoms with van der Waals surface area (Å²) in [6, 6.07) is 0.646. The van der Waals surface area contributed by atoms with Gasteiger partial charge in [0.15, 0.2) is 0 Å². The van der Waals surface area contributed by atoms with E-state index in [1.807, 2.05) is 0 Å². The van der Waals surface area contributed by atoms with E-state index >= 15 is 0 Å². The Morgan fingerprint density at radius 1 is 1.47 bits per heavy atom.